The average molecular weight is 507 g/mol. The number of ether oxygens (including phenoxy) is 2. The van der Waals surface area contributed by atoms with E-state index < -0.39 is 0 Å². The lowest BCUT2D eigenvalue weighted by molar-refractivity contribution is -0.215. The van der Waals surface area contributed by atoms with Gasteiger partial charge in [-0.25, -0.2) is 0 Å². The predicted octanol–water partition coefficient (Wildman–Crippen LogP) is 5.26. The third-order valence-corrected chi connectivity index (χ3v) is 15.3. The molecule has 0 radical (unpaired) electrons. The molecule has 4 bridgehead atoms. The lowest BCUT2D eigenvalue weighted by Crippen LogP contribution is -2.59. The molecule has 0 N–H and O–H groups in total. The number of cyclic esters (lactones) is 2. The summed E-state index contributed by atoms with van der Waals surface area (Å²) in [6.45, 7) is 6.99. The van der Waals surface area contributed by atoms with E-state index in [2.05, 4.69) is 20.8 Å². The summed E-state index contributed by atoms with van der Waals surface area (Å²) in [5, 5.41) is 0. The Hall–Kier alpha value is -1.39. The SMILES string of the molecule is CCC1(OC(=O)C2CC3CC2C(C2C(C)C4CC2C2C(=O)OC(=O)C42)C3C)CC2C3CCCC3C3CC231. The maximum atomic E-state index is 14.0. The quantitative estimate of drug-likeness (QED) is 0.384. The molecule has 1 saturated heterocycles. The first-order chi connectivity index (χ1) is 17.8. The summed E-state index contributed by atoms with van der Waals surface area (Å²) in [6.07, 6.45) is 10.8. The van der Waals surface area contributed by atoms with E-state index in [1.165, 1.54) is 25.7 Å². The smallest absolute Gasteiger partial charge is 0.317 e. The summed E-state index contributed by atoms with van der Waals surface area (Å²) in [7, 11) is 0. The van der Waals surface area contributed by atoms with Crippen molar-refractivity contribution in [2.45, 2.75) is 84.2 Å². The van der Waals surface area contributed by atoms with E-state index in [-0.39, 0.29) is 53.1 Å². The molecule has 5 nitrogen and oxygen atoms in total. The van der Waals surface area contributed by atoms with Gasteiger partial charge in [-0.2, -0.15) is 0 Å². The molecule has 5 heteroatoms. The number of hydrogen-bond donors (Lipinski definition) is 0. The summed E-state index contributed by atoms with van der Waals surface area (Å²) >= 11 is 0. The molecule has 17 unspecified atom stereocenters. The largest absolute Gasteiger partial charge is 0.458 e. The van der Waals surface area contributed by atoms with Crippen LogP contribution < -0.4 is 0 Å². The third-order valence-electron chi connectivity index (χ3n) is 15.3. The van der Waals surface area contributed by atoms with Crippen molar-refractivity contribution in [1.29, 1.82) is 0 Å². The summed E-state index contributed by atoms with van der Waals surface area (Å²) in [6, 6.07) is 0. The van der Waals surface area contributed by atoms with Crippen molar-refractivity contribution in [3.05, 3.63) is 0 Å². The van der Waals surface area contributed by atoms with Crippen LogP contribution in [0.5, 0.6) is 0 Å². The van der Waals surface area contributed by atoms with Gasteiger partial charge in [0.15, 0.2) is 0 Å². The number of rotatable bonds is 4. The van der Waals surface area contributed by atoms with Crippen LogP contribution in [0.4, 0.5) is 0 Å². The topological polar surface area (TPSA) is 69.7 Å². The standard InChI is InChI=1S/C32H42O5/c1-4-31(11-22-16-6-5-7-17(16)23-12-32(22,23)31)37-28(33)20-9-15-8-19(20)24(13(15)2)25-14(3)18-10-21(25)27-26(18)29(34)36-30(27)35/h13-27H,4-12H2,1-3H3. The van der Waals surface area contributed by atoms with Crippen molar-refractivity contribution in [2.75, 3.05) is 0 Å². The van der Waals surface area contributed by atoms with Crippen LogP contribution in [0, 0.1) is 94.2 Å². The number of carbonyl (C=O) groups excluding carboxylic acids is 3. The van der Waals surface area contributed by atoms with Crippen molar-refractivity contribution in [1.82, 2.24) is 0 Å². The molecule has 9 aliphatic rings. The number of fused-ring (bicyclic) bond motifs is 10. The number of hydrogen-bond acceptors (Lipinski definition) is 5. The van der Waals surface area contributed by atoms with Gasteiger partial charge in [-0.05, 0) is 122 Å². The second-order valence-electron chi connectivity index (χ2n) is 15.4. The Labute approximate surface area is 220 Å². The van der Waals surface area contributed by atoms with Gasteiger partial charge in [-0.3, -0.25) is 14.4 Å². The highest BCUT2D eigenvalue weighted by Gasteiger charge is 2.85. The molecular formula is C32H42O5. The summed E-state index contributed by atoms with van der Waals surface area (Å²) in [5.41, 5.74) is 0.147. The van der Waals surface area contributed by atoms with Gasteiger partial charge in [0.25, 0.3) is 0 Å². The Morgan fingerprint density at radius 2 is 1.54 bits per heavy atom. The van der Waals surface area contributed by atoms with E-state index in [0.717, 1.165) is 55.8 Å². The van der Waals surface area contributed by atoms with Crippen molar-refractivity contribution in [3.63, 3.8) is 0 Å². The van der Waals surface area contributed by atoms with Crippen LogP contribution in [-0.2, 0) is 23.9 Å². The minimum atomic E-state index is -0.271. The van der Waals surface area contributed by atoms with Crippen LogP contribution in [0.3, 0.4) is 0 Å². The van der Waals surface area contributed by atoms with Crippen molar-refractivity contribution >= 4 is 17.9 Å². The summed E-state index contributed by atoms with van der Waals surface area (Å²) in [5.74, 6) is 6.08. The molecule has 200 valence electrons. The fourth-order valence-electron chi connectivity index (χ4n) is 14.1. The van der Waals surface area contributed by atoms with Gasteiger partial charge < -0.3 is 9.47 Å². The van der Waals surface area contributed by atoms with E-state index in [4.69, 9.17) is 9.47 Å². The van der Waals surface area contributed by atoms with Crippen molar-refractivity contribution < 1.29 is 23.9 Å². The first-order valence-electron chi connectivity index (χ1n) is 15.8. The lowest BCUT2D eigenvalue weighted by atomic mass is 9.55. The second kappa shape index (κ2) is 6.84. The molecule has 0 aromatic carbocycles. The highest BCUT2D eigenvalue weighted by atomic mass is 16.6. The Morgan fingerprint density at radius 3 is 2.24 bits per heavy atom. The molecule has 9 rings (SSSR count). The minimum Gasteiger partial charge on any atom is -0.458 e. The lowest BCUT2D eigenvalue weighted by Gasteiger charge is -2.56. The molecule has 1 spiro atoms. The molecular weight excluding hydrogens is 464 g/mol. The highest BCUT2D eigenvalue weighted by molar-refractivity contribution is 5.97. The zero-order valence-electron chi connectivity index (χ0n) is 22.6. The molecule has 8 saturated carbocycles. The Balaban J connectivity index is 0.969. The number of esters is 3. The minimum absolute atomic E-state index is 0.0301. The van der Waals surface area contributed by atoms with Crippen LogP contribution in [0.25, 0.3) is 0 Å². The van der Waals surface area contributed by atoms with Crippen LogP contribution >= 0.6 is 0 Å². The van der Waals surface area contributed by atoms with Gasteiger partial charge in [0, 0.05) is 5.41 Å². The molecule has 1 aliphatic heterocycles. The Morgan fingerprint density at radius 1 is 0.865 bits per heavy atom. The summed E-state index contributed by atoms with van der Waals surface area (Å²) in [4.78, 5) is 39.1. The predicted molar refractivity (Wildman–Crippen MR) is 133 cm³/mol. The maximum Gasteiger partial charge on any atom is 0.317 e. The molecule has 0 aromatic rings. The third kappa shape index (κ3) is 2.33. The molecule has 0 aromatic heterocycles. The van der Waals surface area contributed by atoms with E-state index in [9.17, 15) is 14.4 Å². The zero-order valence-corrected chi connectivity index (χ0v) is 22.6. The second-order valence-corrected chi connectivity index (χ2v) is 15.4. The van der Waals surface area contributed by atoms with Gasteiger partial charge >= 0.3 is 17.9 Å². The molecule has 8 aliphatic carbocycles. The van der Waals surface area contributed by atoms with E-state index in [1.54, 1.807) is 0 Å². The molecule has 0 amide bonds. The van der Waals surface area contributed by atoms with Gasteiger partial charge in [0.05, 0.1) is 17.8 Å². The molecule has 1 heterocycles. The molecule has 37 heavy (non-hydrogen) atoms. The average Bonchev–Trinajstić information content (AvgIpc) is 3.49. The maximum absolute atomic E-state index is 14.0. The normalized spacial score (nSPS) is 63.2. The highest BCUT2D eigenvalue weighted by Crippen LogP contribution is 2.86. The van der Waals surface area contributed by atoms with Crippen LogP contribution in [0.2, 0.25) is 0 Å². The first kappa shape index (κ1) is 22.4. The van der Waals surface area contributed by atoms with Crippen LogP contribution in [0.15, 0.2) is 0 Å². The van der Waals surface area contributed by atoms with E-state index in [0.29, 0.717) is 40.9 Å². The van der Waals surface area contributed by atoms with Crippen molar-refractivity contribution in [3.8, 4) is 0 Å². The van der Waals surface area contributed by atoms with Gasteiger partial charge in [0.2, 0.25) is 0 Å². The van der Waals surface area contributed by atoms with E-state index in [1.807, 2.05) is 0 Å². The Kier molecular flexibility index (Phi) is 4.15. The van der Waals surface area contributed by atoms with Gasteiger partial charge in [0.1, 0.15) is 5.60 Å². The van der Waals surface area contributed by atoms with Crippen LogP contribution in [0.1, 0.15) is 78.6 Å². The van der Waals surface area contributed by atoms with Gasteiger partial charge in [-0.15, -0.1) is 0 Å². The van der Waals surface area contributed by atoms with Gasteiger partial charge in [-0.1, -0.05) is 27.2 Å². The van der Waals surface area contributed by atoms with Crippen LogP contribution in [-0.4, -0.2) is 23.5 Å². The Bertz CT molecular complexity index is 1110. The molecule has 9 fully saturated rings. The first-order valence-corrected chi connectivity index (χ1v) is 15.8. The fourth-order valence-corrected chi connectivity index (χ4v) is 14.1. The zero-order chi connectivity index (χ0) is 25.2. The van der Waals surface area contributed by atoms with E-state index >= 15 is 0 Å². The molecule has 17 atom stereocenters. The fraction of sp³-hybridized carbons (Fsp3) is 0.906. The summed E-state index contributed by atoms with van der Waals surface area (Å²) < 4.78 is 11.9. The number of carbonyl (C=O) groups is 3. The van der Waals surface area contributed by atoms with Crippen molar-refractivity contribution in [2.24, 2.45) is 94.2 Å². The monoisotopic (exact) mass is 506 g/mol.